The van der Waals surface area contributed by atoms with Crippen LogP contribution in [-0.2, 0) is 0 Å². The second kappa shape index (κ2) is 6.22. The van der Waals surface area contributed by atoms with E-state index in [4.69, 9.17) is 9.84 Å². The number of hydrogen-bond acceptors (Lipinski definition) is 3. The lowest BCUT2D eigenvalue weighted by atomic mass is 10.1. The highest BCUT2D eigenvalue weighted by Gasteiger charge is 2.04. The molecule has 0 heterocycles. The average Bonchev–Trinajstić information content (AvgIpc) is 2.27. The van der Waals surface area contributed by atoms with Crippen LogP contribution in [0.4, 0.5) is 0 Å². The Morgan fingerprint density at radius 3 is 2.53 bits per heavy atom. The quantitative estimate of drug-likeness (QED) is 0.699. The van der Waals surface area contributed by atoms with Crippen molar-refractivity contribution in [1.29, 1.82) is 0 Å². The van der Waals surface area contributed by atoms with Crippen LogP contribution in [0, 0.1) is 0 Å². The first-order valence-corrected chi connectivity index (χ1v) is 4.90. The molecule has 1 aromatic rings. The summed E-state index contributed by atoms with van der Waals surface area (Å²) in [6.07, 6.45) is 1.71. The fourth-order valence-electron chi connectivity index (χ4n) is 1.24. The van der Waals surface area contributed by atoms with E-state index in [0.29, 0.717) is 12.2 Å². The number of ether oxygens (including phenoxy) is 1. The SMILES string of the molecule is C=CC[C@@H](O)c1ccc(OCCO)cc1. The Hall–Kier alpha value is -1.32. The molecule has 0 aliphatic rings. The molecule has 0 radical (unpaired) electrons. The standard InChI is InChI=1S/C12H16O3/c1-2-3-12(14)10-4-6-11(7-5-10)15-9-8-13/h2,4-7,12-14H,1,3,8-9H2/t12-/m1/s1. The van der Waals surface area contributed by atoms with Gasteiger partial charge < -0.3 is 14.9 Å². The maximum absolute atomic E-state index is 9.64. The Bertz CT molecular complexity index is 292. The van der Waals surface area contributed by atoms with Crippen LogP contribution >= 0.6 is 0 Å². The summed E-state index contributed by atoms with van der Waals surface area (Å²) < 4.78 is 5.20. The predicted molar refractivity (Wildman–Crippen MR) is 58.8 cm³/mol. The Balaban J connectivity index is 2.59. The van der Waals surface area contributed by atoms with Gasteiger partial charge in [-0.1, -0.05) is 18.2 Å². The van der Waals surface area contributed by atoms with Crippen LogP contribution in [0.15, 0.2) is 36.9 Å². The predicted octanol–water partition coefficient (Wildman–Crippen LogP) is 1.67. The molecule has 3 nitrogen and oxygen atoms in total. The van der Waals surface area contributed by atoms with E-state index in [9.17, 15) is 5.11 Å². The van der Waals surface area contributed by atoms with Crippen molar-refractivity contribution in [3.05, 3.63) is 42.5 Å². The van der Waals surface area contributed by atoms with Gasteiger partial charge in [-0.05, 0) is 24.1 Å². The fourth-order valence-corrected chi connectivity index (χ4v) is 1.24. The first-order valence-electron chi connectivity index (χ1n) is 4.90. The lowest BCUT2D eigenvalue weighted by molar-refractivity contribution is 0.181. The Morgan fingerprint density at radius 1 is 1.33 bits per heavy atom. The number of aliphatic hydroxyl groups is 2. The number of aliphatic hydroxyl groups excluding tert-OH is 2. The molecule has 0 saturated heterocycles. The molecule has 0 aliphatic heterocycles. The minimum absolute atomic E-state index is 0.000834. The van der Waals surface area contributed by atoms with Gasteiger partial charge in [0, 0.05) is 0 Å². The Labute approximate surface area is 89.6 Å². The first-order chi connectivity index (χ1) is 7.27. The van der Waals surface area contributed by atoms with Crippen LogP contribution in [0.1, 0.15) is 18.1 Å². The monoisotopic (exact) mass is 208 g/mol. The second-order valence-electron chi connectivity index (χ2n) is 3.18. The van der Waals surface area contributed by atoms with Gasteiger partial charge in [0.1, 0.15) is 12.4 Å². The van der Waals surface area contributed by atoms with Crippen LogP contribution in [-0.4, -0.2) is 23.4 Å². The fraction of sp³-hybridized carbons (Fsp3) is 0.333. The molecule has 0 amide bonds. The van der Waals surface area contributed by atoms with Gasteiger partial charge in [-0.2, -0.15) is 0 Å². The molecular weight excluding hydrogens is 192 g/mol. The van der Waals surface area contributed by atoms with E-state index in [0.717, 1.165) is 5.56 Å². The summed E-state index contributed by atoms with van der Waals surface area (Å²) in [6, 6.07) is 7.16. The molecule has 3 heteroatoms. The first kappa shape index (κ1) is 11.8. The molecule has 0 unspecified atom stereocenters. The van der Waals surface area contributed by atoms with E-state index in [2.05, 4.69) is 6.58 Å². The Kier molecular flexibility index (Phi) is 4.87. The van der Waals surface area contributed by atoms with Crippen molar-refractivity contribution in [2.75, 3.05) is 13.2 Å². The zero-order valence-corrected chi connectivity index (χ0v) is 8.60. The van der Waals surface area contributed by atoms with Crippen molar-refractivity contribution < 1.29 is 14.9 Å². The summed E-state index contributed by atoms with van der Waals surface area (Å²) in [5.74, 6) is 0.693. The molecule has 0 aliphatic carbocycles. The average molecular weight is 208 g/mol. The highest BCUT2D eigenvalue weighted by Crippen LogP contribution is 2.20. The molecule has 15 heavy (non-hydrogen) atoms. The van der Waals surface area contributed by atoms with Crippen LogP contribution in [0.25, 0.3) is 0 Å². The van der Waals surface area contributed by atoms with Gasteiger partial charge in [-0.25, -0.2) is 0 Å². The summed E-state index contributed by atoms with van der Waals surface area (Å²) in [6.45, 7) is 3.86. The van der Waals surface area contributed by atoms with Gasteiger partial charge in [0.25, 0.3) is 0 Å². The Morgan fingerprint density at radius 2 is 2.00 bits per heavy atom. The summed E-state index contributed by atoms with van der Waals surface area (Å²) in [5, 5.41) is 18.2. The van der Waals surface area contributed by atoms with Crippen LogP contribution in [0.5, 0.6) is 5.75 Å². The van der Waals surface area contributed by atoms with E-state index in [-0.39, 0.29) is 13.2 Å². The zero-order chi connectivity index (χ0) is 11.1. The summed E-state index contributed by atoms with van der Waals surface area (Å²) in [4.78, 5) is 0. The van der Waals surface area contributed by atoms with Gasteiger partial charge >= 0.3 is 0 Å². The molecular formula is C12H16O3. The molecule has 2 N–H and O–H groups in total. The van der Waals surface area contributed by atoms with Gasteiger partial charge in [0.05, 0.1) is 12.7 Å². The van der Waals surface area contributed by atoms with E-state index < -0.39 is 6.10 Å². The van der Waals surface area contributed by atoms with Crippen LogP contribution < -0.4 is 4.74 Å². The molecule has 0 spiro atoms. The second-order valence-corrected chi connectivity index (χ2v) is 3.18. The smallest absolute Gasteiger partial charge is 0.119 e. The molecule has 1 atom stereocenters. The van der Waals surface area contributed by atoms with Gasteiger partial charge in [-0.3, -0.25) is 0 Å². The highest BCUT2D eigenvalue weighted by atomic mass is 16.5. The third kappa shape index (κ3) is 3.73. The third-order valence-corrected chi connectivity index (χ3v) is 2.01. The maximum atomic E-state index is 9.64. The van der Waals surface area contributed by atoms with E-state index in [1.807, 2.05) is 0 Å². The minimum Gasteiger partial charge on any atom is -0.491 e. The van der Waals surface area contributed by atoms with Gasteiger partial charge in [0.15, 0.2) is 0 Å². The summed E-state index contributed by atoms with van der Waals surface area (Å²) in [5.41, 5.74) is 0.839. The lowest BCUT2D eigenvalue weighted by Crippen LogP contribution is -2.02. The minimum atomic E-state index is -0.505. The van der Waals surface area contributed by atoms with Crippen molar-refractivity contribution >= 4 is 0 Å². The van der Waals surface area contributed by atoms with Crippen molar-refractivity contribution in [3.63, 3.8) is 0 Å². The normalized spacial score (nSPS) is 12.1. The van der Waals surface area contributed by atoms with E-state index >= 15 is 0 Å². The number of benzene rings is 1. The third-order valence-electron chi connectivity index (χ3n) is 2.01. The van der Waals surface area contributed by atoms with Crippen molar-refractivity contribution in [2.45, 2.75) is 12.5 Å². The summed E-state index contributed by atoms with van der Waals surface area (Å²) >= 11 is 0. The van der Waals surface area contributed by atoms with E-state index in [1.165, 1.54) is 0 Å². The number of hydrogen-bond donors (Lipinski definition) is 2. The van der Waals surface area contributed by atoms with E-state index in [1.54, 1.807) is 30.3 Å². The molecule has 0 fully saturated rings. The number of rotatable bonds is 6. The van der Waals surface area contributed by atoms with Gasteiger partial charge in [-0.15, -0.1) is 6.58 Å². The molecule has 0 bridgehead atoms. The molecule has 82 valence electrons. The topological polar surface area (TPSA) is 49.7 Å². The molecule has 1 rings (SSSR count). The summed E-state index contributed by atoms with van der Waals surface area (Å²) in [7, 11) is 0. The maximum Gasteiger partial charge on any atom is 0.119 e. The van der Waals surface area contributed by atoms with Crippen LogP contribution in [0.3, 0.4) is 0 Å². The van der Waals surface area contributed by atoms with Gasteiger partial charge in [0.2, 0.25) is 0 Å². The molecule has 0 aromatic heterocycles. The molecule has 0 saturated carbocycles. The van der Waals surface area contributed by atoms with Crippen LogP contribution in [0.2, 0.25) is 0 Å². The zero-order valence-electron chi connectivity index (χ0n) is 8.60. The molecule has 1 aromatic carbocycles. The van der Waals surface area contributed by atoms with Crippen molar-refractivity contribution in [3.8, 4) is 5.75 Å². The highest BCUT2D eigenvalue weighted by molar-refractivity contribution is 5.28. The van der Waals surface area contributed by atoms with Crippen molar-refractivity contribution in [1.82, 2.24) is 0 Å². The van der Waals surface area contributed by atoms with Crippen molar-refractivity contribution in [2.24, 2.45) is 0 Å². The largest absolute Gasteiger partial charge is 0.491 e. The lowest BCUT2D eigenvalue weighted by Gasteiger charge is -2.09.